The number of ether oxygens (including phenoxy) is 1. The summed E-state index contributed by atoms with van der Waals surface area (Å²) in [7, 11) is 0. The molecule has 0 aliphatic heterocycles. The van der Waals surface area contributed by atoms with Crippen LogP contribution in [0.4, 0.5) is 0 Å². The van der Waals surface area contributed by atoms with Crippen LogP contribution in [0.2, 0.25) is 5.02 Å². The quantitative estimate of drug-likeness (QED) is 0.610. The highest BCUT2D eigenvalue weighted by atomic mass is 35.5. The number of hydrogen-bond donors (Lipinski definition) is 1. The summed E-state index contributed by atoms with van der Waals surface area (Å²) in [6, 6.07) is 4.97. The molecule has 3 heteroatoms. The summed E-state index contributed by atoms with van der Waals surface area (Å²) in [4.78, 5) is 0. The van der Waals surface area contributed by atoms with Crippen molar-refractivity contribution in [3.05, 3.63) is 48.0 Å². The van der Waals surface area contributed by atoms with Gasteiger partial charge in [0, 0.05) is 5.56 Å². The Balaban J connectivity index is 2.89. The number of aliphatic hydroxyl groups is 1. The molecule has 1 aromatic carbocycles. The van der Waals surface area contributed by atoms with Crippen LogP contribution < -0.4 is 4.74 Å². The van der Waals surface area contributed by atoms with E-state index in [-0.39, 0.29) is 5.76 Å². The lowest BCUT2D eigenvalue weighted by molar-refractivity contribution is 0.363. The van der Waals surface area contributed by atoms with Gasteiger partial charge < -0.3 is 9.84 Å². The van der Waals surface area contributed by atoms with Crippen molar-refractivity contribution < 1.29 is 9.84 Å². The van der Waals surface area contributed by atoms with Gasteiger partial charge in [0.2, 0.25) is 0 Å². The lowest BCUT2D eigenvalue weighted by atomic mass is 10.2. The van der Waals surface area contributed by atoms with Crippen molar-refractivity contribution in [2.45, 2.75) is 0 Å². The highest BCUT2D eigenvalue weighted by molar-refractivity contribution is 6.32. The first kappa shape index (κ1) is 10.7. The van der Waals surface area contributed by atoms with Gasteiger partial charge in [0.1, 0.15) is 18.1 Å². The molecule has 0 aliphatic rings. The van der Waals surface area contributed by atoms with Crippen molar-refractivity contribution in [3.63, 3.8) is 0 Å². The minimum absolute atomic E-state index is 0.0119. The highest BCUT2D eigenvalue weighted by Crippen LogP contribution is 2.27. The Morgan fingerprint density at radius 2 is 2.29 bits per heavy atom. The van der Waals surface area contributed by atoms with E-state index in [2.05, 4.69) is 13.2 Å². The monoisotopic (exact) mass is 210 g/mol. The van der Waals surface area contributed by atoms with Crippen molar-refractivity contribution in [2.24, 2.45) is 0 Å². The van der Waals surface area contributed by atoms with E-state index >= 15 is 0 Å². The molecular formula is C11H11ClO2. The van der Waals surface area contributed by atoms with Gasteiger partial charge in [-0.2, -0.15) is 0 Å². The number of rotatable bonds is 4. The van der Waals surface area contributed by atoms with E-state index in [4.69, 9.17) is 21.4 Å². The molecule has 0 saturated heterocycles. The third kappa shape index (κ3) is 2.54. The summed E-state index contributed by atoms with van der Waals surface area (Å²) >= 11 is 5.90. The molecule has 2 nitrogen and oxygen atoms in total. The molecule has 74 valence electrons. The molecule has 0 radical (unpaired) electrons. The van der Waals surface area contributed by atoms with Crippen molar-refractivity contribution in [1.82, 2.24) is 0 Å². The summed E-state index contributed by atoms with van der Waals surface area (Å²) in [6.45, 7) is 7.33. The Morgan fingerprint density at radius 3 is 2.79 bits per heavy atom. The predicted octanol–water partition coefficient (Wildman–Crippen LogP) is 3.43. The SMILES string of the molecule is C=CCOc1ccc(C(=C)O)cc1Cl. The lowest BCUT2D eigenvalue weighted by Crippen LogP contribution is -1.94. The van der Waals surface area contributed by atoms with Crippen LogP contribution in [0.5, 0.6) is 5.75 Å². The maximum absolute atomic E-state index is 9.11. The average molecular weight is 211 g/mol. The maximum atomic E-state index is 9.11. The van der Waals surface area contributed by atoms with E-state index in [1.807, 2.05) is 0 Å². The topological polar surface area (TPSA) is 29.5 Å². The molecule has 0 heterocycles. The second kappa shape index (κ2) is 4.72. The Hall–Kier alpha value is -1.41. The second-order valence-electron chi connectivity index (χ2n) is 2.69. The smallest absolute Gasteiger partial charge is 0.138 e. The van der Waals surface area contributed by atoms with Crippen LogP contribution in [0.25, 0.3) is 5.76 Å². The van der Waals surface area contributed by atoms with Crippen LogP contribution >= 0.6 is 11.6 Å². The third-order valence-corrected chi connectivity index (χ3v) is 1.92. The van der Waals surface area contributed by atoms with Crippen LogP contribution in [0.15, 0.2) is 37.4 Å². The first-order valence-corrected chi connectivity index (χ1v) is 4.44. The van der Waals surface area contributed by atoms with Gasteiger partial charge in [0.05, 0.1) is 5.02 Å². The first-order valence-electron chi connectivity index (χ1n) is 4.06. The van der Waals surface area contributed by atoms with Crippen LogP contribution in [0, 0.1) is 0 Å². The maximum Gasteiger partial charge on any atom is 0.138 e. The van der Waals surface area contributed by atoms with Crippen LogP contribution in [-0.4, -0.2) is 11.7 Å². The normalized spacial score (nSPS) is 9.50. The first-order chi connectivity index (χ1) is 6.65. The Morgan fingerprint density at radius 1 is 1.57 bits per heavy atom. The largest absolute Gasteiger partial charge is 0.508 e. The van der Waals surface area contributed by atoms with Gasteiger partial charge in [0.15, 0.2) is 0 Å². The van der Waals surface area contributed by atoms with E-state index in [1.165, 1.54) is 0 Å². The van der Waals surface area contributed by atoms with Gasteiger partial charge in [-0.3, -0.25) is 0 Å². The molecular weight excluding hydrogens is 200 g/mol. The zero-order valence-electron chi connectivity index (χ0n) is 7.66. The predicted molar refractivity (Wildman–Crippen MR) is 58.8 cm³/mol. The van der Waals surface area contributed by atoms with E-state index in [1.54, 1.807) is 24.3 Å². The van der Waals surface area contributed by atoms with E-state index in [9.17, 15) is 0 Å². The summed E-state index contributed by atoms with van der Waals surface area (Å²) in [5.74, 6) is 0.554. The summed E-state index contributed by atoms with van der Waals surface area (Å²) in [5, 5.41) is 9.55. The van der Waals surface area contributed by atoms with E-state index < -0.39 is 0 Å². The standard InChI is InChI=1S/C11H11ClO2/c1-3-6-14-11-5-4-9(8(2)13)7-10(11)12/h3-5,7,13H,1-2,6H2. The average Bonchev–Trinajstić information content (AvgIpc) is 2.15. The highest BCUT2D eigenvalue weighted by Gasteiger charge is 2.03. The summed E-state index contributed by atoms with van der Waals surface area (Å²) in [6.07, 6.45) is 1.63. The minimum atomic E-state index is -0.0119. The van der Waals surface area contributed by atoms with Gasteiger partial charge in [-0.05, 0) is 18.2 Å². The number of benzene rings is 1. The molecule has 0 saturated carbocycles. The molecule has 1 rings (SSSR count). The lowest BCUT2D eigenvalue weighted by Gasteiger charge is -2.06. The van der Waals surface area contributed by atoms with Gasteiger partial charge >= 0.3 is 0 Å². The van der Waals surface area contributed by atoms with Crippen LogP contribution in [0.3, 0.4) is 0 Å². The number of hydrogen-bond acceptors (Lipinski definition) is 2. The van der Waals surface area contributed by atoms with E-state index in [0.717, 1.165) is 0 Å². The van der Waals surface area contributed by atoms with E-state index in [0.29, 0.717) is 22.9 Å². The zero-order valence-corrected chi connectivity index (χ0v) is 8.42. The molecule has 0 spiro atoms. The van der Waals surface area contributed by atoms with Gasteiger partial charge in [-0.25, -0.2) is 0 Å². The fourth-order valence-electron chi connectivity index (χ4n) is 0.946. The molecule has 0 unspecified atom stereocenters. The second-order valence-corrected chi connectivity index (χ2v) is 3.10. The van der Waals surface area contributed by atoms with Crippen molar-refractivity contribution in [1.29, 1.82) is 0 Å². The molecule has 0 amide bonds. The fraction of sp³-hybridized carbons (Fsp3) is 0.0909. The molecule has 14 heavy (non-hydrogen) atoms. The molecule has 0 aromatic heterocycles. The van der Waals surface area contributed by atoms with Crippen molar-refractivity contribution in [2.75, 3.05) is 6.61 Å². The van der Waals surface area contributed by atoms with Crippen molar-refractivity contribution >= 4 is 17.4 Å². The Labute approximate surface area is 88.1 Å². The molecule has 0 atom stereocenters. The molecule has 1 N–H and O–H groups in total. The molecule has 0 fully saturated rings. The van der Waals surface area contributed by atoms with Gasteiger partial charge in [0.25, 0.3) is 0 Å². The van der Waals surface area contributed by atoms with Crippen LogP contribution in [0.1, 0.15) is 5.56 Å². The van der Waals surface area contributed by atoms with Crippen molar-refractivity contribution in [3.8, 4) is 5.75 Å². The molecule has 0 bridgehead atoms. The Kier molecular flexibility index (Phi) is 3.60. The summed E-state index contributed by atoms with van der Waals surface area (Å²) in [5.41, 5.74) is 0.584. The number of aliphatic hydroxyl groups excluding tert-OH is 1. The third-order valence-electron chi connectivity index (χ3n) is 1.62. The summed E-state index contributed by atoms with van der Waals surface area (Å²) < 4.78 is 5.26. The Bertz CT molecular complexity index is 358. The van der Waals surface area contributed by atoms with Crippen LogP contribution in [-0.2, 0) is 0 Å². The molecule has 1 aromatic rings. The number of halogens is 1. The molecule has 0 aliphatic carbocycles. The minimum Gasteiger partial charge on any atom is -0.508 e. The fourth-order valence-corrected chi connectivity index (χ4v) is 1.18. The van der Waals surface area contributed by atoms with Gasteiger partial charge in [-0.1, -0.05) is 30.8 Å². The zero-order chi connectivity index (χ0) is 10.6. The van der Waals surface area contributed by atoms with Gasteiger partial charge in [-0.15, -0.1) is 0 Å².